The zero-order valence-electron chi connectivity index (χ0n) is 11.7. The summed E-state index contributed by atoms with van der Waals surface area (Å²) >= 11 is 0. The molecule has 19 heavy (non-hydrogen) atoms. The van der Waals surface area contributed by atoms with Gasteiger partial charge in [-0.2, -0.15) is 4.65 Å². The van der Waals surface area contributed by atoms with Gasteiger partial charge in [0.2, 0.25) is 6.04 Å². The number of hydroxylamine groups is 3. The van der Waals surface area contributed by atoms with Gasteiger partial charge in [-0.25, -0.2) is 10.0 Å². The molecule has 1 rings (SSSR count). The first kappa shape index (κ1) is 15.5. The number of ether oxygens (including phenoxy) is 1. The Kier molecular flexibility index (Phi) is 5.32. The highest BCUT2D eigenvalue weighted by Gasteiger charge is 2.38. The van der Waals surface area contributed by atoms with E-state index in [2.05, 4.69) is 0 Å². The quantitative estimate of drug-likeness (QED) is 0.589. The zero-order valence-corrected chi connectivity index (χ0v) is 11.7. The summed E-state index contributed by atoms with van der Waals surface area (Å²) < 4.78 is 4.90. The molecule has 0 aliphatic heterocycles. The first-order valence-electron chi connectivity index (χ1n) is 6.46. The standard InChI is InChI=1S/C14H21NO4/c1-4-9-19-12-8-6-7-11(10-12)13(14(16)17)15(3,18)5-2/h6-8,10,13,18H,4-5,9H2,1-3H3/p+1. The summed E-state index contributed by atoms with van der Waals surface area (Å²) in [6.45, 7) is 4.63. The van der Waals surface area contributed by atoms with Gasteiger partial charge < -0.3 is 9.84 Å². The van der Waals surface area contributed by atoms with Gasteiger partial charge in [-0.1, -0.05) is 19.1 Å². The molecule has 5 heteroatoms. The molecule has 2 unspecified atom stereocenters. The monoisotopic (exact) mass is 268 g/mol. The van der Waals surface area contributed by atoms with Crippen molar-refractivity contribution < 1.29 is 24.5 Å². The fourth-order valence-electron chi connectivity index (χ4n) is 1.88. The lowest BCUT2D eigenvalue weighted by atomic mass is 10.0. The third-order valence-corrected chi connectivity index (χ3v) is 3.08. The lowest BCUT2D eigenvalue weighted by molar-refractivity contribution is -1.10. The maximum Gasteiger partial charge on any atom is 0.370 e. The van der Waals surface area contributed by atoms with Crippen LogP contribution in [0.4, 0.5) is 0 Å². The van der Waals surface area contributed by atoms with Gasteiger partial charge >= 0.3 is 5.97 Å². The van der Waals surface area contributed by atoms with Crippen LogP contribution < -0.4 is 4.74 Å². The van der Waals surface area contributed by atoms with Crippen LogP contribution in [-0.2, 0) is 4.79 Å². The minimum absolute atomic E-state index is 0.303. The van der Waals surface area contributed by atoms with E-state index in [4.69, 9.17) is 4.74 Å². The predicted molar refractivity (Wildman–Crippen MR) is 71.1 cm³/mol. The molecular weight excluding hydrogens is 246 g/mol. The van der Waals surface area contributed by atoms with Crippen LogP contribution in [0.2, 0.25) is 0 Å². The van der Waals surface area contributed by atoms with Gasteiger partial charge in [0.1, 0.15) is 12.3 Å². The number of hydrogen-bond acceptors (Lipinski definition) is 3. The minimum atomic E-state index is -1.06. The smallest absolute Gasteiger partial charge is 0.370 e. The van der Waals surface area contributed by atoms with E-state index < -0.39 is 16.7 Å². The van der Waals surface area contributed by atoms with Crippen LogP contribution >= 0.6 is 0 Å². The first-order valence-corrected chi connectivity index (χ1v) is 6.46. The minimum Gasteiger partial charge on any atom is -0.494 e. The lowest BCUT2D eigenvalue weighted by Gasteiger charge is -2.30. The first-order chi connectivity index (χ1) is 8.92. The van der Waals surface area contributed by atoms with Crippen molar-refractivity contribution in [2.45, 2.75) is 26.3 Å². The molecule has 2 N–H and O–H groups in total. The highest BCUT2D eigenvalue weighted by molar-refractivity contribution is 5.74. The molecule has 0 aliphatic rings. The predicted octanol–water partition coefficient (Wildman–Crippen LogP) is 2.46. The zero-order chi connectivity index (χ0) is 14.5. The van der Waals surface area contributed by atoms with Crippen molar-refractivity contribution in [1.82, 2.24) is 0 Å². The van der Waals surface area contributed by atoms with Crippen LogP contribution in [0.3, 0.4) is 0 Å². The Morgan fingerprint density at radius 3 is 2.63 bits per heavy atom. The van der Waals surface area contributed by atoms with E-state index >= 15 is 0 Å². The molecule has 1 aromatic carbocycles. The molecule has 106 valence electrons. The van der Waals surface area contributed by atoms with Gasteiger partial charge in [0, 0.05) is 5.56 Å². The summed E-state index contributed by atoms with van der Waals surface area (Å²) in [6, 6.07) is 5.88. The molecular formula is C14H22NO4+. The largest absolute Gasteiger partial charge is 0.494 e. The van der Waals surface area contributed by atoms with Gasteiger partial charge in [-0.05, 0) is 25.5 Å². The SMILES string of the molecule is CCCOc1cccc(C(C(=O)O)[N+](C)(O)CC)c1. The van der Waals surface area contributed by atoms with Crippen LogP contribution in [0.15, 0.2) is 24.3 Å². The Morgan fingerprint density at radius 2 is 2.11 bits per heavy atom. The molecule has 0 fully saturated rings. The molecule has 0 radical (unpaired) electrons. The molecule has 1 aromatic rings. The summed E-state index contributed by atoms with van der Waals surface area (Å²) in [6.07, 6.45) is 0.884. The highest BCUT2D eigenvalue weighted by Crippen LogP contribution is 2.27. The Hall–Kier alpha value is -1.59. The van der Waals surface area contributed by atoms with E-state index in [0.717, 1.165) is 6.42 Å². The second-order valence-electron chi connectivity index (χ2n) is 4.69. The molecule has 0 bridgehead atoms. The number of carbonyl (C=O) groups is 1. The van der Waals surface area contributed by atoms with Crippen LogP contribution in [0, 0.1) is 0 Å². The third-order valence-electron chi connectivity index (χ3n) is 3.08. The number of quaternary nitrogens is 1. The molecule has 0 aromatic heterocycles. The highest BCUT2D eigenvalue weighted by atomic mass is 16.5. The fraction of sp³-hybridized carbons (Fsp3) is 0.500. The topological polar surface area (TPSA) is 66.8 Å². The average Bonchev–Trinajstić information content (AvgIpc) is 2.36. The number of likely N-dealkylation sites (N-methyl/N-ethyl adjacent to an activating group) is 1. The van der Waals surface area contributed by atoms with Gasteiger partial charge in [0.05, 0.1) is 13.7 Å². The van der Waals surface area contributed by atoms with Crippen molar-refractivity contribution in [1.29, 1.82) is 0 Å². The van der Waals surface area contributed by atoms with E-state index in [-0.39, 0.29) is 0 Å². The number of hydrogen-bond donors (Lipinski definition) is 2. The lowest BCUT2D eigenvalue weighted by Crippen LogP contribution is -2.47. The van der Waals surface area contributed by atoms with Crippen molar-refractivity contribution in [3.63, 3.8) is 0 Å². The number of benzene rings is 1. The molecule has 0 saturated heterocycles. The van der Waals surface area contributed by atoms with Gasteiger partial charge in [-0.3, -0.25) is 0 Å². The molecule has 5 nitrogen and oxygen atoms in total. The van der Waals surface area contributed by atoms with Crippen molar-refractivity contribution in [2.75, 3.05) is 20.2 Å². The Morgan fingerprint density at radius 1 is 1.42 bits per heavy atom. The van der Waals surface area contributed by atoms with Crippen LogP contribution in [0.25, 0.3) is 0 Å². The molecule has 0 spiro atoms. The van der Waals surface area contributed by atoms with Gasteiger partial charge in [0.15, 0.2) is 0 Å². The summed E-state index contributed by atoms with van der Waals surface area (Å²) in [4.78, 5) is 11.4. The summed E-state index contributed by atoms with van der Waals surface area (Å²) in [5.41, 5.74) is 0.535. The molecule has 2 atom stereocenters. The van der Waals surface area contributed by atoms with E-state index in [1.807, 2.05) is 6.92 Å². The Labute approximate surface area is 113 Å². The molecule has 0 amide bonds. The van der Waals surface area contributed by atoms with Crippen LogP contribution in [-0.4, -0.2) is 41.1 Å². The Bertz CT molecular complexity index is 431. The number of nitrogens with zero attached hydrogens (tertiary/aromatic N) is 1. The molecule has 0 saturated carbocycles. The fourth-order valence-corrected chi connectivity index (χ4v) is 1.88. The van der Waals surface area contributed by atoms with Crippen LogP contribution in [0.1, 0.15) is 31.9 Å². The van der Waals surface area contributed by atoms with E-state index in [9.17, 15) is 15.1 Å². The molecule has 0 aliphatic carbocycles. The summed E-state index contributed by atoms with van der Waals surface area (Å²) in [5.74, 6) is -0.429. The second kappa shape index (κ2) is 6.54. The normalized spacial score (nSPS) is 15.6. The number of carboxylic acids is 1. The van der Waals surface area contributed by atoms with Crippen molar-refractivity contribution in [2.24, 2.45) is 0 Å². The third kappa shape index (κ3) is 3.94. The van der Waals surface area contributed by atoms with Crippen molar-refractivity contribution in [3.8, 4) is 5.75 Å². The Balaban J connectivity index is 3.06. The van der Waals surface area contributed by atoms with Gasteiger partial charge in [0.25, 0.3) is 0 Å². The maximum atomic E-state index is 11.4. The van der Waals surface area contributed by atoms with Crippen molar-refractivity contribution >= 4 is 5.97 Å². The summed E-state index contributed by atoms with van der Waals surface area (Å²) in [5, 5.41) is 19.5. The van der Waals surface area contributed by atoms with Crippen molar-refractivity contribution in [3.05, 3.63) is 29.8 Å². The van der Waals surface area contributed by atoms with E-state index in [0.29, 0.717) is 24.5 Å². The summed E-state index contributed by atoms with van der Waals surface area (Å²) in [7, 11) is 1.48. The number of rotatable bonds is 7. The van der Waals surface area contributed by atoms with E-state index in [1.54, 1.807) is 31.2 Å². The van der Waals surface area contributed by atoms with E-state index in [1.165, 1.54) is 7.05 Å². The number of carboxylic acid groups (broad SMARTS) is 1. The molecule has 0 heterocycles. The maximum absolute atomic E-state index is 11.4. The number of aliphatic carboxylic acids is 1. The second-order valence-corrected chi connectivity index (χ2v) is 4.69. The average molecular weight is 268 g/mol. The van der Waals surface area contributed by atoms with Crippen LogP contribution in [0.5, 0.6) is 5.75 Å². The van der Waals surface area contributed by atoms with Gasteiger partial charge in [-0.15, -0.1) is 0 Å².